The summed E-state index contributed by atoms with van der Waals surface area (Å²) in [5, 5.41) is 12.8. The Morgan fingerprint density at radius 1 is 1.06 bits per heavy atom. The fourth-order valence-electron chi connectivity index (χ4n) is 3.77. The molecule has 10 heteroatoms. The van der Waals surface area contributed by atoms with E-state index < -0.39 is 0 Å². The van der Waals surface area contributed by atoms with E-state index in [0.29, 0.717) is 22.2 Å². The predicted octanol–water partition coefficient (Wildman–Crippen LogP) is 5.96. The van der Waals surface area contributed by atoms with Crippen LogP contribution in [-0.4, -0.2) is 38.1 Å². The number of nitrogens with zero attached hydrogens (tertiary/aromatic N) is 4. The van der Waals surface area contributed by atoms with Gasteiger partial charge >= 0.3 is 0 Å². The number of rotatable bonds is 6. The molecule has 36 heavy (non-hydrogen) atoms. The third kappa shape index (κ3) is 4.69. The second-order valence-electron chi connectivity index (χ2n) is 8.15. The van der Waals surface area contributed by atoms with E-state index in [1.54, 1.807) is 37.4 Å². The lowest BCUT2D eigenvalue weighted by atomic mass is 9.99. The average molecular weight is 502 g/mol. The van der Waals surface area contributed by atoms with Crippen molar-refractivity contribution in [1.82, 2.24) is 25.2 Å². The lowest BCUT2D eigenvalue weighted by Gasteiger charge is -2.19. The largest absolute Gasteiger partial charge is 0.322 e. The van der Waals surface area contributed by atoms with Gasteiger partial charge in [-0.25, -0.2) is 9.37 Å². The maximum Gasteiger partial charge on any atom is 0.272 e. The minimum absolute atomic E-state index is 0.171. The molecule has 0 saturated carbocycles. The van der Waals surface area contributed by atoms with Crippen LogP contribution in [0.1, 0.15) is 15.9 Å². The fourth-order valence-corrected chi connectivity index (χ4v) is 3.91. The summed E-state index contributed by atoms with van der Waals surface area (Å²) < 4.78 is 13.7. The zero-order valence-corrected chi connectivity index (χ0v) is 20.1. The van der Waals surface area contributed by atoms with Crippen molar-refractivity contribution in [1.29, 1.82) is 0 Å². The van der Waals surface area contributed by atoms with Gasteiger partial charge < -0.3 is 5.32 Å². The molecule has 0 atom stereocenters. The van der Waals surface area contributed by atoms with Crippen LogP contribution in [0.4, 0.5) is 22.0 Å². The Bertz CT molecular complexity index is 1570. The molecule has 0 saturated heterocycles. The van der Waals surface area contributed by atoms with E-state index in [4.69, 9.17) is 11.6 Å². The highest BCUT2D eigenvalue weighted by Crippen LogP contribution is 2.28. The summed E-state index contributed by atoms with van der Waals surface area (Å²) in [5.74, 6) is 0.461. The van der Waals surface area contributed by atoms with Gasteiger partial charge in [0.15, 0.2) is 11.6 Å². The van der Waals surface area contributed by atoms with Gasteiger partial charge in [0, 0.05) is 18.0 Å². The van der Waals surface area contributed by atoms with Crippen LogP contribution in [0.25, 0.3) is 22.0 Å². The summed E-state index contributed by atoms with van der Waals surface area (Å²) >= 11 is 6.29. The normalized spacial score (nSPS) is 10.9. The lowest BCUT2D eigenvalue weighted by molar-refractivity contribution is 0.0825. The van der Waals surface area contributed by atoms with Crippen molar-refractivity contribution in [3.05, 3.63) is 94.9 Å². The molecule has 180 valence electrons. The summed E-state index contributed by atoms with van der Waals surface area (Å²) in [4.78, 5) is 21.5. The number of amides is 1. The Morgan fingerprint density at radius 2 is 1.83 bits per heavy atom. The Kier molecular flexibility index (Phi) is 6.22. The van der Waals surface area contributed by atoms with Crippen molar-refractivity contribution in [2.24, 2.45) is 0 Å². The van der Waals surface area contributed by atoms with Crippen LogP contribution in [0.5, 0.6) is 0 Å². The van der Waals surface area contributed by atoms with Gasteiger partial charge in [-0.3, -0.25) is 20.3 Å². The van der Waals surface area contributed by atoms with Crippen LogP contribution in [0.15, 0.2) is 72.9 Å². The minimum Gasteiger partial charge on any atom is -0.322 e. The number of hydrogen-bond donors (Lipinski definition) is 3. The van der Waals surface area contributed by atoms with Crippen molar-refractivity contribution >= 4 is 46.0 Å². The zero-order chi connectivity index (χ0) is 25.2. The fraction of sp³-hybridized carbons (Fsp3) is 0.0769. The van der Waals surface area contributed by atoms with Crippen molar-refractivity contribution in [2.75, 3.05) is 17.8 Å². The second kappa shape index (κ2) is 9.63. The molecule has 0 aliphatic rings. The average Bonchev–Trinajstić information content (AvgIpc) is 3.30. The minimum atomic E-state index is -0.308. The molecule has 0 bridgehead atoms. The molecule has 0 spiro atoms. The summed E-state index contributed by atoms with van der Waals surface area (Å²) in [7, 11) is 1.57. The molecule has 0 aliphatic carbocycles. The number of hydrogen-bond acceptors (Lipinski definition) is 6. The third-order valence-electron chi connectivity index (χ3n) is 5.67. The van der Waals surface area contributed by atoms with Crippen LogP contribution >= 0.6 is 11.6 Å². The number of halogens is 2. The summed E-state index contributed by atoms with van der Waals surface area (Å²) in [6.07, 6.45) is 1.43. The Labute approximate surface area is 211 Å². The first-order chi connectivity index (χ1) is 17.4. The maximum absolute atomic E-state index is 13.7. The summed E-state index contributed by atoms with van der Waals surface area (Å²) in [5.41, 5.74) is 6.73. The highest BCUT2D eigenvalue weighted by Gasteiger charge is 2.15. The Morgan fingerprint density at radius 3 is 2.64 bits per heavy atom. The Hall–Kier alpha value is -4.50. The van der Waals surface area contributed by atoms with Crippen LogP contribution in [0.2, 0.25) is 5.02 Å². The van der Waals surface area contributed by atoms with E-state index in [2.05, 4.69) is 30.9 Å². The molecule has 2 aromatic heterocycles. The van der Waals surface area contributed by atoms with Gasteiger partial charge in [-0.1, -0.05) is 41.9 Å². The number of benzene rings is 3. The second-order valence-corrected chi connectivity index (χ2v) is 8.55. The van der Waals surface area contributed by atoms with Crippen LogP contribution in [0, 0.1) is 12.7 Å². The SMILES string of the molecule is Cc1ccc(F)cc1-c1ccc(C(=O)N(C)Nc2ncc(Cl)c(Nc3n[nH]c4ccccc34)n2)cc1. The molecule has 0 radical (unpaired) electrons. The molecule has 0 fully saturated rings. The van der Waals surface area contributed by atoms with Gasteiger partial charge in [-0.2, -0.15) is 10.1 Å². The molecule has 5 rings (SSSR count). The van der Waals surface area contributed by atoms with Gasteiger partial charge in [0.2, 0.25) is 5.95 Å². The monoisotopic (exact) mass is 501 g/mol. The van der Waals surface area contributed by atoms with E-state index >= 15 is 0 Å². The maximum atomic E-state index is 13.7. The topological polar surface area (TPSA) is 98.8 Å². The number of nitrogens with one attached hydrogen (secondary N) is 3. The first-order valence-electron chi connectivity index (χ1n) is 11.0. The third-order valence-corrected chi connectivity index (χ3v) is 5.94. The molecule has 3 N–H and O–H groups in total. The van der Waals surface area contributed by atoms with E-state index in [0.717, 1.165) is 27.6 Å². The first kappa shape index (κ1) is 23.3. The highest BCUT2D eigenvalue weighted by atomic mass is 35.5. The van der Waals surface area contributed by atoms with Crippen molar-refractivity contribution < 1.29 is 9.18 Å². The molecule has 3 aromatic carbocycles. The van der Waals surface area contributed by atoms with Gasteiger partial charge in [-0.15, -0.1) is 0 Å². The molecule has 0 unspecified atom stereocenters. The van der Waals surface area contributed by atoms with Gasteiger partial charge in [0.25, 0.3) is 5.91 Å². The first-order valence-corrected chi connectivity index (χ1v) is 11.4. The van der Waals surface area contributed by atoms with E-state index in [1.165, 1.54) is 23.3 Å². The number of carbonyl (C=O) groups is 1. The number of fused-ring (bicyclic) bond motifs is 1. The highest BCUT2D eigenvalue weighted by molar-refractivity contribution is 6.33. The van der Waals surface area contributed by atoms with Gasteiger partial charge in [0.1, 0.15) is 10.8 Å². The van der Waals surface area contributed by atoms with Gasteiger partial charge in [-0.05, 0) is 60.0 Å². The van der Waals surface area contributed by atoms with E-state index in [1.807, 2.05) is 31.2 Å². The lowest BCUT2D eigenvalue weighted by Crippen LogP contribution is -2.33. The summed E-state index contributed by atoms with van der Waals surface area (Å²) in [6.45, 7) is 1.91. The number of carbonyl (C=O) groups excluding carboxylic acids is 1. The standard InChI is InChI=1S/C26H21ClFN7O/c1-15-7-12-18(28)13-20(15)16-8-10-17(11-9-16)25(36)35(2)34-26-29-14-21(27)24(31-26)30-23-19-5-3-4-6-22(19)32-33-23/h3-14H,1-2H3,(H3,29,30,31,32,33,34). The molecule has 8 nitrogen and oxygen atoms in total. The number of para-hydroxylation sites is 1. The molecule has 2 heterocycles. The number of aryl methyl sites for hydroxylation is 1. The van der Waals surface area contributed by atoms with Crippen molar-refractivity contribution in [2.45, 2.75) is 6.92 Å². The predicted molar refractivity (Wildman–Crippen MR) is 139 cm³/mol. The molecular formula is C26H21ClFN7O. The van der Waals surface area contributed by atoms with Crippen LogP contribution in [0.3, 0.4) is 0 Å². The number of aromatic nitrogens is 4. The van der Waals surface area contributed by atoms with Gasteiger partial charge in [0.05, 0.1) is 11.7 Å². The molecule has 5 aromatic rings. The number of H-pyrrole nitrogens is 1. The van der Waals surface area contributed by atoms with Crippen LogP contribution in [-0.2, 0) is 0 Å². The Balaban J connectivity index is 1.31. The zero-order valence-electron chi connectivity index (χ0n) is 19.4. The summed E-state index contributed by atoms with van der Waals surface area (Å²) in [6, 6.07) is 19.2. The number of anilines is 3. The van der Waals surface area contributed by atoms with E-state index in [-0.39, 0.29) is 17.7 Å². The van der Waals surface area contributed by atoms with Crippen molar-refractivity contribution in [3.8, 4) is 11.1 Å². The van der Waals surface area contributed by atoms with Crippen LogP contribution < -0.4 is 10.7 Å². The smallest absolute Gasteiger partial charge is 0.272 e. The van der Waals surface area contributed by atoms with E-state index in [9.17, 15) is 9.18 Å². The molecule has 1 amide bonds. The number of aromatic amines is 1. The molecular weight excluding hydrogens is 481 g/mol. The number of hydrazine groups is 1. The quantitative estimate of drug-likeness (QED) is 0.248. The molecule has 0 aliphatic heterocycles. The van der Waals surface area contributed by atoms with Crippen molar-refractivity contribution in [3.63, 3.8) is 0 Å².